The Morgan fingerprint density at radius 1 is 0.947 bits per heavy atom. The summed E-state index contributed by atoms with van der Waals surface area (Å²) in [6.45, 7) is 15.3. The molecule has 13 nitrogen and oxygen atoms in total. The largest absolute Gasteiger partial charge is 0.489 e. The fourth-order valence-corrected chi connectivity index (χ4v) is 10.0. The van der Waals surface area contributed by atoms with Gasteiger partial charge in [0.2, 0.25) is 17.5 Å². The van der Waals surface area contributed by atoms with Crippen molar-refractivity contribution < 1.29 is 28.3 Å². The van der Waals surface area contributed by atoms with Gasteiger partial charge in [-0.3, -0.25) is 34.3 Å². The third kappa shape index (κ3) is 6.84. The molecule has 4 amide bonds. The summed E-state index contributed by atoms with van der Waals surface area (Å²) in [6, 6.07) is 11.9. The van der Waals surface area contributed by atoms with Gasteiger partial charge in [-0.15, -0.1) is 0 Å². The molecule has 2 atom stereocenters. The molecule has 3 aromatic rings. The number of hydrogen-bond donors (Lipinski definition) is 1. The minimum Gasteiger partial charge on any atom is -0.489 e. The first-order valence-electron chi connectivity index (χ1n) is 19.8. The molecule has 0 aliphatic carbocycles. The van der Waals surface area contributed by atoms with Gasteiger partial charge in [0.25, 0.3) is 11.8 Å². The third-order valence-corrected chi connectivity index (χ3v) is 13.3. The lowest BCUT2D eigenvalue weighted by atomic mass is 9.77. The van der Waals surface area contributed by atoms with Crippen molar-refractivity contribution in [2.75, 3.05) is 60.5 Å². The topological polar surface area (TPSA) is 123 Å². The third-order valence-electron chi connectivity index (χ3n) is 13.0. The quantitative estimate of drug-likeness (QED) is 0.244. The highest BCUT2D eigenvalue weighted by atomic mass is 35.5. The van der Waals surface area contributed by atoms with Crippen LogP contribution in [0.3, 0.4) is 0 Å². The molecule has 1 unspecified atom stereocenters. The Balaban J connectivity index is 0.735. The van der Waals surface area contributed by atoms with Crippen molar-refractivity contribution in [2.45, 2.75) is 76.1 Å². The van der Waals surface area contributed by atoms with Crippen LogP contribution in [0, 0.1) is 17.8 Å². The molecular formula is C42H44ClFN8O5. The van der Waals surface area contributed by atoms with Crippen LogP contribution in [0.25, 0.3) is 4.85 Å². The van der Waals surface area contributed by atoms with E-state index in [2.05, 4.69) is 37.9 Å². The van der Waals surface area contributed by atoms with Crippen LogP contribution in [-0.2, 0) is 9.59 Å². The number of likely N-dealkylation sites (tertiary alicyclic amines) is 1. The first-order valence-corrected chi connectivity index (χ1v) is 20.2. The van der Waals surface area contributed by atoms with Crippen LogP contribution >= 0.6 is 11.6 Å². The molecule has 0 radical (unpaired) electrons. The number of hydrogen-bond acceptors (Lipinski definition) is 10. The van der Waals surface area contributed by atoms with Crippen molar-refractivity contribution in [3.8, 4) is 5.75 Å². The summed E-state index contributed by atoms with van der Waals surface area (Å²) in [5, 5.41) is 2.69. The maximum Gasteiger partial charge on any atom is 0.262 e. The van der Waals surface area contributed by atoms with Crippen LogP contribution in [-0.4, -0.2) is 108 Å². The Morgan fingerprint density at radius 2 is 1.68 bits per heavy atom. The maximum absolute atomic E-state index is 15.3. The summed E-state index contributed by atoms with van der Waals surface area (Å²) in [5.74, 6) is -1.36. The number of carbonyl (C=O) groups is 4. The van der Waals surface area contributed by atoms with E-state index in [4.69, 9.17) is 27.9 Å². The van der Waals surface area contributed by atoms with Gasteiger partial charge in [0.1, 0.15) is 29.5 Å². The van der Waals surface area contributed by atoms with E-state index in [-0.39, 0.29) is 47.2 Å². The van der Waals surface area contributed by atoms with E-state index >= 15 is 4.39 Å². The van der Waals surface area contributed by atoms with Crippen molar-refractivity contribution in [2.24, 2.45) is 5.41 Å². The Kier molecular flexibility index (Phi) is 9.56. The second-order valence-electron chi connectivity index (χ2n) is 16.5. The fourth-order valence-electron chi connectivity index (χ4n) is 9.79. The van der Waals surface area contributed by atoms with Crippen LogP contribution in [0.15, 0.2) is 48.7 Å². The first-order chi connectivity index (χ1) is 27.5. The molecule has 1 spiro atoms. The number of imide groups is 2. The van der Waals surface area contributed by atoms with E-state index in [0.717, 1.165) is 93.0 Å². The molecule has 7 heterocycles. The molecule has 6 aliphatic heterocycles. The van der Waals surface area contributed by atoms with Gasteiger partial charge < -0.3 is 19.4 Å². The number of aromatic nitrogens is 1. The number of anilines is 3. The van der Waals surface area contributed by atoms with Crippen LogP contribution < -0.4 is 24.8 Å². The second-order valence-corrected chi connectivity index (χ2v) is 16.9. The molecule has 1 aromatic heterocycles. The number of fused-ring (bicyclic) bond motifs is 1. The summed E-state index contributed by atoms with van der Waals surface area (Å²) in [7, 11) is 0. The van der Waals surface area contributed by atoms with E-state index in [0.29, 0.717) is 29.8 Å². The van der Waals surface area contributed by atoms with Gasteiger partial charge in [-0.25, -0.2) is 14.2 Å². The van der Waals surface area contributed by atoms with E-state index < -0.39 is 35.5 Å². The van der Waals surface area contributed by atoms with Gasteiger partial charge >= 0.3 is 0 Å². The molecule has 1 N–H and O–H groups in total. The summed E-state index contributed by atoms with van der Waals surface area (Å²) in [5.41, 5.74) is 2.11. The van der Waals surface area contributed by atoms with E-state index in [1.165, 1.54) is 6.07 Å². The molecule has 9 rings (SSSR count). The molecule has 6 aliphatic rings. The Hall–Kier alpha value is -5.26. The van der Waals surface area contributed by atoms with Crippen LogP contribution in [0.4, 0.5) is 27.3 Å². The summed E-state index contributed by atoms with van der Waals surface area (Å²) >= 11 is 6.37. The van der Waals surface area contributed by atoms with Crippen LogP contribution in [0.2, 0.25) is 5.02 Å². The van der Waals surface area contributed by atoms with Crippen molar-refractivity contribution in [3.05, 3.63) is 82.0 Å². The predicted molar refractivity (Wildman–Crippen MR) is 212 cm³/mol. The molecule has 5 fully saturated rings. The van der Waals surface area contributed by atoms with Gasteiger partial charge in [0, 0.05) is 75.0 Å². The number of pyridine rings is 1. The van der Waals surface area contributed by atoms with Crippen LogP contribution in [0.1, 0.15) is 72.6 Å². The molecule has 2 aromatic carbocycles. The SMILES string of the molecule is [C-]#[N+]c1ccc(N2CC3(CCN(c4ccc(OC5CCN(C6CN(c7cc8c(cc7F)C(=O)N(C7CCC(=O)NC7=O)C8=O)C6)CC5)cn4)CC3)C[C@@H]2C)cc1Cl. The van der Waals surface area contributed by atoms with Crippen molar-refractivity contribution in [3.63, 3.8) is 0 Å². The Bertz CT molecular complexity index is 2180. The van der Waals surface area contributed by atoms with Crippen molar-refractivity contribution in [1.29, 1.82) is 0 Å². The van der Waals surface area contributed by atoms with Gasteiger partial charge in [-0.2, -0.15) is 0 Å². The molecule has 296 valence electrons. The zero-order chi connectivity index (χ0) is 39.6. The molecule has 0 saturated carbocycles. The zero-order valence-electron chi connectivity index (χ0n) is 31.8. The number of rotatable bonds is 7. The second kappa shape index (κ2) is 14.6. The van der Waals surface area contributed by atoms with Crippen molar-refractivity contribution in [1.82, 2.24) is 20.1 Å². The number of amides is 4. The molecule has 5 saturated heterocycles. The van der Waals surface area contributed by atoms with Gasteiger partial charge in [0.15, 0.2) is 0 Å². The minimum atomic E-state index is -1.09. The monoisotopic (exact) mass is 794 g/mol. The number of ether oxygens (including phenoxy) is 1. The van der Waals surface area contributed by atoms with E-state index in [1.54, 1.807) is 0 Å². The maximum atomic E-state index is 15.3. The standard InChI is InChI=1S/C42H44ClFN8O5/c1-25-20-42(24-51(25)26-3-5-34(45-2)32(43)17-26)11-15-49(16-12-42)37-7-4-29(21-46-37)57-28-9-13-48(14-10-28)27-22-50(23-27)36-19-31-30(18-33(36)44)40(55)52(41(31)56)35-6-8-38(53)47-39(35)54/h3-5,7,17-19,21,25,27-28,35H,6,8-16,20,22-24H2,1H3,(H,47,53,54)/t25-,35?/m0/s1. The first kappa shape index (κ1) is 37.3. The lowest BCUT2D eigenvalue weighted by molar-refractivity contribution is -0.136. The number of benzene rings is 2. The van der Waals surface area contributed by atoms with E-state index in [1.807, 2.05) is 35.4 Å². The number of carbonyl (C=O) groups excluding carboxylic acids is 4. The highest BCUT2D eigenvalue weighted by Gasteiger charge is 2.47. The normalized spacial score (nSPS) is 24.2. The van der Waals surface area contributed by atoms with Crippen LogP contribution in [0.5, 0.6) is 5.75 Å². The van der Waals surface area contributed by atoms with E-state index in [9.17, 15) is 19.2 Å². The summed E-state index contributed by atoms with van der Waals surface area (Å²) in [6.07, 6.45) is 7.01. The molecule has 0 bridgehead atoms. The number of halogens is 2. The number of nitrogens with zero attached hydrogens (tertiary/aromatic N) is 7. The number of nitrogens with one attached hydrogen (secondary N) is 1. The zero-order valence-corrected chi connectivity index (χ0v) is 32.5. The van der Waals surface area contributed by atoms with Gasteiger partial charge in [-0.05, 0) is 87.3 Å². The van der Waals surface area contributed by atoms with Gasteiger partial charge in [-0.1, -0.05) is 17.7 Å². The lowest BCUT2D eigenvalue weighted by Gasteiger charge is -2.48. The predicted octanol–water partition coefficient (Wildman–Crippen LogP) is 5.44. The van der Waals surface area contributed by atoms with Crippen molar-refractivity contribution >= 4 is 58.1 Å². The number of piperidine rings is 3. The average molecular weight is 795 g/mol. The molecule has 57 heavy (non-hydrogen) atoms. The lowest BCUT2D eigenvalue weighted by Crippen LogP contribution is -2.61. The highest BCUT2D eigenvalue weighted by molar-refractivity contribution is 6.33. The Labute approximate surface area is 335 Å². The Morgan fingerprint density at radius 3 is 2.35 bits per heavy atom. The fraction of sp³-hybridized carbons (Fsp3) is 0.476. The highest BCUT2D eigenvalue weighted by Crippen LogP contribution is 2.46. The summed E-state index contributed by atoms with van der Waals surface area (Å²) < 4.78 is 21.7. The molecular weight excluding hydrogens is 751 g/mol. The summed E-state index contributed by atoms with van der Waals surface area (Å²) in [4.78, 5) is 68.6. The smallest absolute Gasteiger partial charge is 0.262 e. The minimum absolute atomic E-state index is 0.0218. The molecule has 15 heteroatoms. The average Bonchev–Trinajstić information content (AvgIpc) is 3.63. The van der Waals surface area contributed by atoms with Gasteiger partial charge in [0.05, 0.1) is 29.6 Å².